The molecule has 0 N–H and O–H groups in total. The van der Waals surface area contributed by atoms with Gasteiger partial charge in [-0.05, 0) is 19.1 Å². The molecule has 0 fully saturated rings. The van der Waals surface area contributed by atoms with Gasteiger partial charge in [0, 0.05) is 13.3 Å². The van der Waals surface area contributed by atoms with E-state index in [9.17, 15) is 0 Å². The lowest BCUT2D eigenvalue weighted by atomic mass is 10.2. The Morgan fingerprint density at radius 3 is 2.90 bits per heavy atom. The zero-order valence-electron chi connectivity index (χ0n) is 6.20. The smallest absolute Gasteiger partial charge is 0.0838 e. The molecule has 0 atom stereocenters. The van der Waals surface area contributed by atoms with E-state index in [1.807, 2.05) is 25.2 Å². The topological polar surface area (TPSA) is 24.7 Å². The van der Waals surface area contributed by atoms with Gasteiger partial charge in [0.15, 0.2) is 0 Å². The van der Waals surface area contributed by atoms with E-state index in [0.29, 0.717) is 0 Å². The van der Waals surface area contributed by atoms with Gasteiger partial charge >= 0.3 is 0 Å². The van der Waals surface area contributed by atoms with Crippen LogP contribution in [0.4, 0.5) is 0 Å². The zero-order chi connectivity index (χ0) is 7.40. The minimum absolute atomic E-state index is 0.949. The van der Waals surface area contributed by atoms with Gasteiger partial charge in [-0.25, -0.2) is 0 Å². The first-order chi connectivity index (χ1) is 4.88. The Labute approximate surface area is 60.7 Å². The Morgan fingerprint density at radius 1 is 1.60 bits per heavy atom. The molecule has 0 unspecified atom stereocenters. The minimum Gasteiger partial charge on any atom is -0.286 e. The van der Waals surface area contributed by atoms with Gasteiger partial charge in [-0.3, -0.25) is 9.98 Å². The minimum atomic E-state index is 0.949. The fourth-order valence-corrected chi connectivity index (χ4v) is 0.821. The number of hydrogen-bond acceptors (Lipinski definition) is 2. The average Bonchev–Trinajstić information content (AvgIpc) is 2.04. The Bertz CT molecular complexity index is 206. The van der Waals surface area contributed by atoms with E-state index >= 15 is 0 Å². The molecule has 1 aliphatic rings. The van der Waals surface area contributed by atoms with E-state index < -0.39 is 0 Å². The summed E-state index contributed by atoms with van der Waals surface area (Å²) in [6, 6.07) is 0. The third kappa shape index (κ3) is 1.21. The summed E-state index contributed by atoms with van der Waals surface area (Å²) in [6.45, 7) is 1.96. The summed E-state index contributed by atoms with van der Waals surface area (Å²) in [4.78, 5) is 8.17. The van der Waals surface area contributed by atoms with E-state index in [2.05, 4.69) is 9.98 Å². The van der Waals surface area contributed by atoms with Crippen molar-refractivity contribution in [3.05, 3.63) is 23.9 Å². The molecule has 2 nitrogen and oxygen atoms in total. The molecule has 10 heavy (non-hydrogen) atoms. The third-order valence-corrected chi connectivity index (χ3v) is 1.33. The fourth-order valence-electron chi connectivity index (χ4n) is 0.821. The van der Waals surface area contributed by atoms with E-state index in [1.165, 1.54) is 0 Å². The van der Waals surface area contributed by atoms with Crippen molar-refractivity contribution in [2.24, 2.45) is 9.98 Å². The van der Waals surface area contributed by atoms with Crippen LogP contribution in [0.15, 0.2) is 33.9 Å². The monoisotopic (exact) mass is 134 g/mol. The van der Waals surface area contributed by atoms with Crippen LogP contribution in [0.3, 0.4) is 0 Å². The highest BCUT2D eigenvalue weighted by molar-refractivity contribution is 6.12. The number of allylic oxidation sites excluding steroid dienone is 3. The summed E-state index contributed by atoms with van der Waals surface area (Å²) in [5.41, 5.74) is 1.90. The first kappa shape index (κ1) is 6.93. The van der Waals surface area contributed by atoms with Crippen LogP contribution < -0.4 is 0 Å². The molecule has 0 bridgehead atoms. The molecular weight excluding hydrogens is 124 g/mol. The van der Waals surface area contributed by atoms with Crippen LogP contribution in [0.25, 0.3) is 0 Å². The van der Waals surface area contributed by atoms with Crippen LogP contribution in [0.5, 0.6) is 0 Å². The number of dihydropyridines is 1. The number of rotatable bonds is 0. The predicted molar refractivity (Wildman–Crippen MR) is 44.7 cm³/mol. The maximum absolute atomic E-state index is 4.12. The van der Waals surface area contributed by atoms with Crippen LogP contribution in [-0.2, 0) is 0 Å². The quantitative estimate of drug-likeness (QED) is 0.480. The molecule has 0 amide bonds. The van der Waals surface area contributed by atoms with Gasteiger partial charge in [-0.15, -0.1) is 0 Å². The molecule has 1 heterocycles. The van der Waals surface area contributed by atoms with Crippen molar-refractivity contribution in [1.29, 1.82) is 0 Å². The van der Waals surface area contributed by atoms with E-state index in [1.54, 1.807) is 13.3 Å². The van der Waals surface area contributed by atoms with Crippen LogP contribution in [0.2, 0.25) is 0 Å². The summed E-state index contributed by atoms with van der Waals surface area (Å²) < 4.78 is 0. The van der Waals surface area contributed by atoms with Gasteiger partial charge < -0.3 is 0 Å². The molecule has 0 saturated carbocycles. The van der Waals surface area contributed by atoms with Gasteiger partial charge in [0.25, 0.3) is 0 Å². The molecule has 1 aliphatic heterocycles. The Hall–Kier alpha value is -1.18. The lowest BCUT2D eigenvalue weighted by Crippen LogP contribution is -2.00. The Morgan fingerprint density at radius 2 is 2.40 bits per heavy atom. The Balaban J connectivity index is 2.96. The summed E-state index contributed by atoms with van der Waals surface area (Å²) >= 11 is 0. The summed E-state index contributed by atoms with van der Waals surface area (Å²) in [6.07, 6.45) is 7.55. The second kappa shape index (κ2) is 3.11. The maximum atomic E-state index is 4.12. The standard InChI is InChI=1S/C8H10N2/c1-3-7-8(9-2)5-4-6-10-7/h3-6H,1-2H3. The third-order valence-electron chi connectivity index (χ3n) is 1.33. The second-order valence-corrected chi connectivity index (χ2v) is 1.92. The normalized spacial score (nSPS) is 24.6. The van der Waals surface area contributed by atoms with Gasteiger partial charge in [0.05, 0.1) is 11.4 Å². The molecule has 1 rings (SSSR count). The predicted octanol–water partition coefficient (Wildman–Crippen LogP) is 1.60. The second-order valence-electron chi connectivity index (χ2n) is 1.92. The van der Waals surface area contributed by atoms with Crippen molar-refractivity contribution in [3.8, 4) is 0 Å². The Kier molecular flexibility index (Phi) is 2.15. The van der Waals surface area contributed by atoms with E-state index in [4.69, 9.17) is 0 Å². The molecule has 52 valence electrons. The van der Waals surface area contributed by atoms with Crippen molar-refractivity contribution in [3.63, 3.8) is 0 Å². The summed E-state index contributed by atoms with van der Waals surface area (Å²) in [5.74, 6) is 0. The van der Waals surface area contributed by atoms with Gasteiger partial charge in [-0.2, -0.15) is 0 Å². The summed E-state index contributed by atoms with van der Waals surface area (Å²) in [5, 5.41) is 0. The van der Waals surface area contributed by atoms with Crippen LogP contribution in [0.1, 0.15) is 6.92 Å². The fraction of sp³-hybridized carbons (Fsp3) is 0.250. The lowest BCUT2D eigenvalue weighted by molar-refractivity contribution is 1.36. The van der Waals surface area contributed by atoms with Crippen molar-refractivity contribution in [2.45, 2.75) is 6.92 Å². The maximum Gasteiger partial charge on any atom is 0.0838 e. The van der Waals surface area contributed by atoms with E-state index in [-0.39, 0.29) is 0 Å². The number of nitrogens with zero attached hydrogens (tertiary/aromatic N) is 2. The van der Waals surface area contributed by atoms with Crippen molar-refractivity contribution in [2.75, 3.05) is 7.05 Å². The number of aliphatic imine (C=N–C) groups is 2. The van der Waals surface area contributed by atoms with Gasteiger partial charge in [0.1, 0.15) is 0 Å². The lowest BCUT2D eigenvalue weighted by Gasteiger charge is -2.02. The van der Waals surface area contributed by atoms with E-state index in [0.717, 1.165) is 11.4 Å². The van der Waals surface area contributed by atoms with Crippen molar-refractivity contribution >= 4 is 11.9 Å². The van der Waals surface area contributed by atoms with Crippen molar-refractivity contribution < 1.29 is 0 Å². The van der Waals surface area contributed by atoms with Crippen LogP contribution in [0, 0.1) is 0 Å². The average molecular weight is 134 g/mol. The van der Waals surface area contributed by atoms with Gasteiger partial charge in [-0.1, -0.05) is 6.08 Å². The van der Waals surface area contributed by atoms with Crippen LogP contribution in [-0.4, -0.2) is 19.0 Å². The largest absolute Gasteiger partial charge is 0.286 e. The molecule has 0 aliphatic carbocycles. The van der Waals surface area contributed by atoms with Crippen LogP contribution >= 0.6 is 0 Å². The SMILES string of the molecule is CC=C1N=CC=CC1=NC. The van der Waals surface area contributed by atoms with Crippen molar-refractivity contribution in [1.82, 2.24) is 0 Å². The summed E-state index contributed by atoms with van der Waals surface area (Å²) in [7, 11) is 1.77. The highest BCUT2D eigenvalue weighted by atomic mass is 14.8. The molecule has 0 aromatic rings. The first-order valence-electron chi connectivity index (χ1n) is 3.22. The van der Waals surface area contributed by atoms with Gasteiger partial charge in [0.2, 0.25) is 0 Å². The first-order valence-corrected chi connectivity index (χ1v) is 3.22. The highest BCUT2D eigenvalue weighted by Crippen LogP contribution is 2.04. The molecular formula is C8H10N2. The molecule has 2 heteroatoms. The molecule has 0 aromatic heterocycles. The molecule has 0 saturated heterocycles. The zero-order valence-corrected chi connectivity index (χ0v) is 6.20. The molecule has 0 radical (unpaired) electrons. The highest BCUT2D eigenvalue weighted by Gasteiger charge is 2.00. The molecule has 0 aromatic carbocycles. The number of hydrogen-bond donors (Lipinski definition) is 0. The molecule has 0 spiro atoms.